The van der Waals surface area contributed by atoms with Crippen molar-refractivity contribution in [3.63, 3.8) is 0 Å². The van der Waals surface area contributed by atoms with Gasteiger partial charge < -0.3 is 9.64 Å². The zero-order valence-corrected chi connectivity index (χ0v) is 15.3. The molecular weight excluding hydrogens is 324 g/mol. The molecule has 0 aromatic heterocycles. The molecule has 2 aromatic rings. The van der Waals surface area contributed by atoms with Gasteiger partial charge in [0.05, 0.1) is 6.04 Å². The van der Waals surface area contributed by atoms with Gasteiger partial charge in [0, 0.05) is 39.0 Å². The number of hydrogen-bond donors (Lipinski definition) is 0. The van der Waals surface area contributed by atoms with Crippen molar-refractivity contribution >= 4 is 5.91 Å². The van der Waals surface area contributed by atoms with Crippen LogP contribution in [0.4, 0.5) is 0 Å². The van der Waals surface area contributed by atoms with Crippen molar-refractivity contribution in [3.05, 3.63) is 66.2 Å². The Morgan fingerprint density at radius 3 is 2.38 bits per heavy atom. The highest BCUT2D eigenvalue weighted by molar-refractivity contribution is 5.74. The molecule has 0 radical (unpaired) electrons. The van der Waals surface area contributed by atoms with Crippen molar-refractivity contribution in [1.29, 1.82) is 0 Å². The fourth-order valence-electron chi connectivity index (χ4n) is 4.53. The van der Waals surface area contributed by atoms with Crippen molar-refractivity contribution in [2.24, 2.45) is 11.8 Å². The van der Waals surface area contributed by atoms with Crippen LogP contribution in [0.2, 0.25) is 0 Å². The molecule has 0 N–H and O–H groups in total. The normalized spacial score (nSPS) is 25.3. The molecule has 2 saturated heterocycles. The summed E-state index contributed by atoms with van der Waals surface area (Å²) in [7, 11) is 0. The molecule has 0 spiro atoms. The van der Waals surface area contributed by atoms with Gasteiger partial charge in [-0.25, -0.2) is 0 Å². The maximum absolute atomic E-state index is 12.2. The van der Waals surface area contributed by atoms with Gasteiger partial charge in [-0.05, 0) is 23.6 Å². The Morgan fingerprint density at radius 1 is 1.00 bits per heavy atom. The molecule has 2 aliphatic heterocycles. The van der Waals surface area contributed by atoms with Crippen molar-refractivity contribution in [2.45, 2.75) is 13.0 Å². The first-order chi connectivity index (χ1) is 12.7. The van der Waals surface area contributed by atoms with Crippen LogP contribution in [0, 0.1) is 11.8 Å². The Bertz CT molecular complexity index is 734. The van der Waals surface area contributed by atoms with Crippen LogP contribution in [-0.4, -0.2) is 48.5 Å². The van der Waals surface area contributed by atoms with Crippen LogP contribution in [0.25, 0.3) is 0 Å². The number of ether oxygens (including phenoxy) is 1. The third-order valence-corrected chi connectivity index (χ3v) is 5.70. The fraction of sp³-hybridized carbons (Fsp3) is 0.409. The smallest absolute Gasteiger partial charge is 0.219 e. The van der Waals surface area contributed by atoms with Crippen LogP contribution in [0.1, 0.15) is 18.5 Å². The number of likely N-dealkylation sites (tertiary alicyclic amines) is 2. The van der Waals surface area contributed by atoms with Crippen LogP contribution >= 0.6 is 0 Å². The monoisotopic (exact) mass is 350 g/mol. The summed E-state index contributed by atoms with van der Waals surface area (Å²) >= 11 is 0. The van der Waals surface area contributed by atoms with Crippen molar-refractivity contribution < 1.29 is 9.53 Å². The lowest BCUT2D eigenvalue weighted by molar-refractivity contribution is -0.130. The summed E-state index contributed by atoms with van der Waals surface area (Å²) in [6.45, 7) is 6.29. The van der Waals surface area contributed by atoms with Gasteiger partial charge in [-0.15, -0.1) is 0 Å². The number of nitrogens with zero attached hydrogens (tertiary/aromatic N) is 2. The molecular formula is C22H26N2O2. The predicted octanol–water partition coefficient (Wildman–Crippen LogP) is 3.22. The summed E-state index contributed by atoms with van der Waals surface area (Å²) in [4.78, 5) is 16.7. The van der Waals surface area contributed by atoms with E-state index in [1.54, 1.807) is 6.92 Å². The first-order valence-corrected chi connectivity index (χ1v) is 9.45. The van der Waals surface area contributed by atoms with E-state index in [4.69, 9.17) is 4.74 Å². The van der Waals surface area contributed by atoms with E-state index in [1.165, 1.54) is 5.56 Å². The SMILES string of the molecule is CC(=O)N1C[C@H]2CN(CCOc3ccccc3)C[C@H]2[C@@H]1c1ccccc1. The number of benzene rings is 2. The molecule has 26 heavy (non-hydrogen) atoms. The molecule has 4 rings (SSSR count). The summed E-state index contributed by atoms with van der Waals surface area (Å²) in [5, 5.41) is 0. The van der Waals surface area contributed by atoms with Gasteiger partial charge in [0.15, 0.2) is 0 Å². The van der Waals surface area contributed by atoms with Crippen molar-refractivity contribution in [3.8, 4) is 5.75 Å². The molecule has 0 saturated carbocycles. The highest BCUT2D eigenvalue weighted by Gasteiger charge is 2.48. The minimum Gasteiger partial charge on any atom is -0.492 e. The molecule has 4 nitrogen and oxygen atoms in total. The van der Waals surface area contributed by atoms with E-state index in [0.717, 1.165) is 31.9 Å². The van der Waals surface area contributed by atoms with Gasteiger partial charge in [-0.1, -0.05) is 48.5 Å². The molecule has 4 heteroatoms. The zero-order valence-electron chi connectivity index (χ0n) is 15.3. The topological polar surface area (TPSA) is 32.8 Å². The van der Waals surface area contributed by atoms with Gasteiger partial charge in [-0.3, -0.25) is 9.69 Å². The van der Waals surface area contributed by atoms with Gasteiger partial charge in [0.25, 0.3) is 0 Å². The van der Waals surface area contributed by atoms with Crippen LogP contribution in [-0.2, 0) is 4.79 Å². The van der Waals surface area contributed by atoms with Gasteiger partial charge >= 0.3 is 0 Å². The molecule has 0 aliphatic carbocycles. The Morgan fingerprint density at radius 2 is 1.69 bits per heavy atom. The molecule has 2 fully saturated rings. The Balaban J connectivity index is 1.39. The second kappa shape index (κ2) is 7.50. The largest absolute Gasteiger partial charge is 0.492 e. The fourth-order valence-corrected chi connectivity index (χ4v) is 4.53. The number of fused-ring (bicyclic) bond motifs is 1. The summed E-state index contributed by atoms with van der Waals surface area (Å²) in [6, 6.07) is 20.7. The molecule has 136 valence electrons. The third kappa shape index (κ3) is 3.47. The standard InChI is InChI=1S/C22H26N2O2/c1-17(25)24-15-19-14-23(12-13-26-20-10-6-3-7-11-20)16-21(19)22(24)18-8-4-2-5-9-18/h2-11,19,21-22H,12-16H2,1H3/t19-,21-,22+/m1/s1. The molecule has 2 aromatic carbocycles. The van der Waals surface area contributed by atoms with E-state index in [-0.39, 0.29) is 11.9 Å². The second-order valence-corrected chi connectivity index (χ2v) is 7.37. The van der Waals surface area contributed by atoms with E-state index in [0.29, 0.717) is 18.4 Å². The molecule has 2 aliphatic rings. The molecule has 0 bridgehead atoms. The van der Waals surface area contributed by atoms with E-state index in [9.17, 15) is 4.79 Å². The predicted molar refractivity (Wildman–Crippen MR) is 102 cm³/mol. The summed E-state index contributed by atoms with van der Waals surface area (Å²) in [6.07, 6.45) is 0. The lowest BCUT2D eigenvalue weighted by atomic mass is 9.89. The molecule has 2 heterocycles. The first kappa shape index (κ1) is 17.1. The number of carbonyl (C=O) groups is 1. The van der Waals surface area contributed by atoms with Crippen LogP contribution < -0.4 is 4.74 Å². The summed E-state index contributed by atoms with van der Waals surface area (Å²) in [5.41, 5.74) is 1.26. The molecule has 0 unspecified atom stereocenters. The van der Waals surface area contributed by atoms with Crippen LogP contribution in [0.5, 0.6) is 5.75 Å². The average molecular weight is 350 g/mol. The Kier molecular flexibility index (Phi) is 4.93. The first-order valence-electron chi connectivity index (χ1n) is 9.45. The Hall–Kier alpha value is -2.33. The maximum atomic E-state index is 12.2. The average Bonchev–Trinajstić information content (AvgIpc) is 3.21. The van der Waals surface area contributed by atoms with Gasteiger partial charge in [0.2, 0.25) is 5.91 Å². The zero-order chi connectivity index (χ0) is 17.9. The molecule has 1 amide bonds. The van der Waals surface area contributed by atoms with Crippen LogP contribution in [0.3, 0.4) is 0 Å². The number of para-hydroxylation sites is 1. The van der Waals surface area contributed by atoms with Gasteiger partial charge in [0.1, 0.15) is 12.4 Å². The summed E-state index contributed by atoms with van der Waals surface area (Å²) < 4.78 is 5.85. The van der Waals surface area contributed by atoms with Crippen molar-refractivity contribution in [1.82, 2.24) is 9.80 Å². The van der Waals surface area contributed by atoms with E-state index < -0.39 is 0 Å². The van der Waals surface area contributed by atoms with Crippen LogP contribution in [0.15, 0.2) is 60.7 Å². The Labute approximate surface area is 155 Å². The summed E-state index contributed by atoms with van der Waals surface area (Å²) in [5.74, 6) is 2.18. The van der Waals surface area contributed by atoms with Crippen molar-refractivity contribution in [2.75, 3.05) is 32.8 Å². The highest BCUT2D eigenvalue weighted by atomic mass is 16.5. The number of hydrogen-bond acceptors (Lipinski definition) is 3. The number of carbonyl (C=O) groups excluding carboxylic acids is 1. The van der Waals surface area contributed by atoms with E-state index >= 15 is 0 Å². The maximum Gasteiger partial charge on any atom is 0.219 e. The minimum atomic E-state index is 0.187. The number of rotatable bonds is 5. The van der Waals surface area contributed by atoms with E-state index in [2.05, 4.69) is 34.1 Å². The lowest BCUT2D eigenvalue weighted by Gasteiger charge is -2.29. The molecule has 3 atom stereocenters. The van der Waals surface area contributed by atoms with Gasteiger partial charge in [-0.2, -0.15) is 0 Å². The minimum absolute atomic E-state index is 0.187. The lowest BCUT2D eigenvalue weighted by Crippen LogP contribution is -2.35. The highest BCUT2D eigenvalue weighted by Crippen LogP contribution is 2.44. The quantitative estimate of drug-likeness (QED) is 0.830. The second-order valence-electron chi connectivity index (χ2n) is 7.37. The number of amides is 1. The third-order valence-electron chi connectivity index (χ3n) is 5.70. The van der Waals surface area contributed by atoms with E-state index in [1.807, 2.05) is 36.4 Å².